The molecular weight excluding hydrogens is 200 g/mol. The van der Waals surface area contributed by atoms with Crippen molar-refractivity contribution >= 4 is 5.91 Å². The smallest absolute Gasteiger partial charge is 0.221 e. The second kappa shape index (κ2) is 5.17. The topological polar surface area (TPSA) is 55.1 Å². The first kappa shape index (κ1) is 11.9. The molecule has 2 aliphatic carbocycles. The lowest BCUT2D eigenvalue weighted by Gasteiger charge is -2.19. The number of carbonyl (C=O) groups is 1. The number of amides is 1. The summed E-state index contributed by atoms with van der Waals surface area (Å²) in [5.41, 5.74) is 5.88. The first-order valence-corrected chi connectivity index (χ1v) is 6.75. The Morgan fingerprint density at radius 3 is 2.31 bits per heavy atom. The molecule has 0 radical (unpaired) electrons. The molecule has 0 saturated heterocycles. The highest BCUT2D eigenvalue weighted by Crippen LogP contribution is 2.44. The van der Waals surface area contributed by atoms with E-state index in [4.69, 9.17) is 5.73 Å². The monoisotopic (exact) mass is 224 g/mol. The molecule has 0 aliphatic heterocycles. The highest BCUT2D eigenvalue weighted by Gasteiger charge is 2.42. The van der Waals surface area contributed by atoms with Gasteiger partial charge in [-0.15, -0.1) is 0 Å². The van der Waals surface area contributed by atoms with Crippen molar-refractivity contribution in [3.8, 4) is 0 Å². The van der Waals surface area contributed by atoms with Crippen LogP contribution in [0, 0.1) is 11.8 Å². The number of rotatable bonds is 7. The summed E-state index contributed by atoms with van der Waals surface area (Å²) >= 11 is 0. The molecule has 0 aromatic heterocycles. The van der Waals surface area contributed by atoms with Crippen molar-refractivity contribution < 1.29 is 4.79 Å². The number of hydrogen-bond donors (Lipinski definition) is 2. The quantitative estimate of drug-likeness (QED) is 0.693. The summed E-state index contributed by atoms with van der Waals surface area (Å²) in [4.78, 5) is 11.8. The van der Waals surface area contributed by atoms with Crippen molar-refractivity contribution in [2.24, 2.45) is 17.6 Å². The summed E-state index contributed by atoms with van der Waals surface area (Å²) in [7, 11) is 0. The van der Waals surface area contributed by atoms with E-state index in [1.807, 2.05) is 0 Å². The minimum absolute atomic E-state index is 0.0454. The Kier molecular flexibility index (Phi) is 3.85. The van der Waals surface area contributed by atoms with Gasteiger partial charge in [0.25, 0.3) is 0 Å². The van der Waals surface area contributed by atoms with Gasteiger partial charge in [0.05, 0.1) is 0 Å². The molecule has 3 N–H and O–H groups in total. The van der Waals surface area contributed by atoms with Gasteiger partial charge >= 0.3 is 0 Å². The van der Waals surface area contributed by atoms with Gasteiger partial charge < -0.3 is 11.1 Å². The van der Waals surface area contributed by atoms with E-state index in [0.717, 1.165) is 24.7 Å². The van der Waals surface area contributed by atoms with Crippen LogP contribution in [0.4, 0.5) is 0 Å². The molecular formula is C13H24N2O. The Morgan fingerprint density at radius 2 is 1.88 bits per heavy atom. The van der Waals surface area contributed by atoms with Gasteiger partial charge in [0.1, 0.15) is 0 Å². The van der Waals surface area contributed by atoms with Gasteiger partial charge in [0, 0.05) is 18.5 Å². The molecule has 2 rings (SSSR count). The summed E-state index contributed by atoms with van der Waals surface area (Å²) in [6.45, 7) is 2.11. The average Bonchev–Trinajstić information content (AvgIpc) is 3.08. The third kappa shape index (κ3) is 3.48. The van der Waals surface area contributed by atoms with Crippen LogP contribution < -0.4 is 11.1 Å². The molecule has 0 spiro atoms. The highest BCUT2D eigenvalue weighted by molar-refractivity contribution is 5.77. The lowest BCUT2D eigenvalue weighted by molar-refractivity contribution is -0.122. The van der Waals surface area contributed by atoms with Gasteiger partial charge in [0.15, 0.2) is 0 Å². The summed E-state index contributed by atoms with van der Waals surface area (Å²) < 4.78 is 0. The molecule has 1 amide bonds. The van der Waals surface area contributed by atoms with Gasteiger partial charge in [-0.1, -0.05) is 13.3 Å². The summed E-state index contributed by atoms with van der Waals surface area (Å²) in [5.74, 6) is 1.72. The number of hydrogen-bond acceptors (Lipinski definition) is 2. The van der Waals surface area contributed by atoms with Crippen LogP contribution in [0.25, 0.3) is 0 Å². The maximum Gasteiger partial charge on any atom is 0.221 e. The van der Waals surface area contributed by atoms with Gasteiger partial charge in [-0.3, -0.25) is 4.79 Å². The normalized spacial score (nSPS) is 22.2. The summed E-state index contributed by atoms with van der Waals surface area (Å²) in [6.07, 6.45) is 7.74. The standard InChI is InChI=1S/C13H24N2O/c1-2-3-11(14)8-12(16)15-13(9-4-5-9)10-6-7-10/h9-11,13H,2-8,14H2,1H3,(H,15,16). The fourth-order valence-corrected chi connectivity index (χ4v) is 2.49. The Hall–Kier alpha value is -0.570. The fraction of sp³-hybridized carbons (Fsp3) is 0.923. The lowest BCUT2D eigenvalue weighted by Crippen LogP contribution is -2.40. The van der Waals surface area contributed by atoms with Crippen molar-refractivity contribution in [3.63, 3.8) is 0 Å². The Morgan fingerprint density at radius 1 is 1.31 bits per heavy atom. The van der Waals surface area contributed by atoms with E-state index in [1.165, 1.54) is 25.7 Å². The maximum absolute atomic E-state index is 11.8. The largest absolute Gasteiger partial charge is 0.353 e. The zero-order valence-electron chi connectivity index (χ0n) is 10.2. The number of nitrogens with two attached hydrogens (primary N) is 1. The molecule has 2 fully saturated rings. The molecule has 0 aromatic carbocycles. The van der Waals surface area contributed by atoms with Gasteiger partial charge in [-0.25, -0.2) is 0 Å². The van der Waals surface area contributed by atoms with Crippen LogP contribution >= 0.6 is 0 Å². The first-order chi connectivity index (χ1) is 7.70. The van der Waals surface area contributed by atoms with Gasteiger partial charge in [-0.2, -0.15) is 0 Å². The van der Waals surface area contributed by atoms with Crippen LogP contribution in [0.3, 0.4) is 0 Å². The second-order valence-electron chi connectivity index (χ2n) is 5.52. The third-order valence-electron chi connectivity index (χ3n) is 3.69. The zero-order chi connectivity index (χ0) is 11.5. The fourth-order valence-electron chi connectivity index (χ4n) is 2.49. The Balaban J connectivity index is 1.72. The molecule has 3 heteroatoms. The van der Waals surface area contributed by atoms with Crippen LogP contribution in [0.2, 0.25) is 0 Å². The van der Waals surface area contributed by atoms with E-state index in [-0.39, 0.29) is 11.9 Å². The van der Waals surface area contributed by atoms with Crippen molar-refractivity contribution in [1.82, 2.24) is 5.32 Å². The van der Waals surface area contributed by atoms with E-state index >= 15 is 0 Å². The second-order valence-corrected chi connectivity index (χ2v) is 5.52. The van der Waals surface area contributed by atoms with Crippen LogP contribution in [0.15, 0.2) is 0 Å². The van der Waals surface area contributed by atoms with Crippen molar-refractivity contribution in [2.75, 3.05) is 0 Å². The molecule has 2 saturated carbocycles. The van der Waals surface area contributed by atoms with Crippen molar-refractivity contribution in [1.29, 1.82) is 0 Å². The predicted octanol–water partition coefficient (Wildman–Crippen LogP) is 1.81. The zero-order valence-corrected chi connectivity index (χ0v) is 10.2. The minimum atomic E-state index is 0.0454. The molecule has 16 heavy (non-hydrogen) atoms. The third-order valence-corrected chi connectivity index (χ3v) is 3.69. The van der Waals surface area contributed by atoms with Crippen LogP contribution in [0.1, 0.15) is 51.9 Å². The molecule has 3 nitrogen and oxygen atoms in total. The van der Waals surface area contributed by atoms with Crippen molar-refractivity contribution in [2.45, 2.75) is 64.0 Å². The molecule has 0 bridgehead atoms. The van der Waals surface area contributed by atoms with Crippen LogP contribution in [0.5, 0.6) is 0 Å². The SMILES string of the molecule is CCCC(N)CC(=O)NC(C1CC1)C1CC1. The molecule has 2 aliphatic rings. The average molecular weight is 224 g/mol. The first-order valence-electron chi connectivity index (χ1n) is 6.75. The molecule has 92 valence electrons. The van der Waals surface area contributed by atoms with Crippen LogP contribution in [-0.4, -0.2) is 18.0 Å². The highest BCUT2D eigenvalue weighted by atomic mass is 16.1. The number of nitrogens with one attached hydrogen (secondary N) is 1. The van der Waals surface area contributed by atoms with Crippen LogP contribution in [-0.2, 0) is 4.79 Å². The van der Waals surface area contributed by atoms with E-state index in [0.29, 0.717) is 12.5 Å². The van der Waals surface area contributed by atoms with Gasteiger partial charge in [0.2, 0.25) is 5.91 Å². The Bertz CT molecular complexity index is 234. The molecule has 1 unspecified atom stereocenters. The van der Waals surface area contributed by atoms with Crippen molar-refractivity contribution in [3.05, 3.63) is 0 Å². The summed E-state index contributed by atoms with van der Waals surface area (Å²) in [6, 6.07) is 0.519. The molecule has 0 heterocycles. The van der Waals surface area contributed by atoms with E-state index in [2.05, 4.69) is 12.2 Å². The molecule has 1 atom stereocenters. The van der Waals surface area contributed by atoms with E-state index < -0.39 is 0 Å². The van der Waals surface area contributed by atoms with Gasteiger partial charge in [-0.05, 0) is 43.9 Å². The maximum atomic E-state index is 11.8. The lowest BCUT2D eigenvalue weighted by atomic mass is 10.1. The minimum Gasteiger partial charge on any atom is -0.353 e. The van der Waals surface area contributed by atoms with E-state index in [1.54, 1.807) is 0 Å². The van der Waals surface area contributed by atoms with E-state index in [9.17, 15) is 4.79 Å². The Labute approximate surface area is 98.2 Å². The number of carbonyl (C=O) groups excluding carboxylic acids is 1. The molecule has 0 aromatic rings. The predicted molar refractivity (Wildman–Crippen MR) is 64.9 cm³/mol. The summed E-state index contributed by atoms with van der Waals surface area (Å²) in [5, 5.41) is 3.21.